The maximum atomic E-state index is 12.1. The summed E-state index contributed by atoms with van der Waals surface area (Å²) in [4.78, 5) is 13.6. The Labute approximate surface area is 121 Å². The third kappa shape index (κ3) is 3.21. The van der Waals surface area contributed by atoms with Gasteiger partial charge in [-0.25, -0.2) is 4.79 Å². The Bertz CT molecular complexity index is 496. The van der Waals surface area contributed by atoms with Crippen LogP contribution in [0, 0.1) is 0 Å². The highest BCUT2D eigenvalue weighted by Gasteiger charge is 2.32. The smallest absolute Gasteiger partial charge is 0.410 e. The monoisotopic (exact) mass is 327 g/mol. The number of hydrogen-bond donors (Lipinski definition) is 0. The zero-order valence-electron chi connectivity index (χ0n) is 11.6. The van der Waals surface area contributed by atoms with Gasteiger partial charge in [0.25, 0.3) is 0 Å². The van der Waals surface area contributed by atoms with Crippen molar-refractivity contribution in [1.82, 2.24) is 4.90 Å². The highest BCUT2D eigenvalue weighted by atomic mass is 79.9. The van der Waals surface area contributed by atoms with E-state index in [9.17, 15) is 4.79 Å². The van der Waals surface area contributed by atoms with E-state index in [1.807, 2.05) is 39.0 Å². The Kier molecular flexibility index (Phi) is 3.76. The number of benzene rings is 1. The van der Waals surface area contributed by atoms with Crippen LogP contribution in [0.25, 0.3) is 0 Å². The molecule has 0 aromatic heterocycles. The molecule has 1 aromatic rings. The molecule has 0 bridgehead atoms. The van der Waals surface area contributed by atoms with E-state index in [1.54, 1.807) is 11.9 Å². The summed E-state index contributed by atoms with van der Waals surface area (Å²) >= 11 is 3.41. The van der Waals surface area contributed by atoms with Crippen molar-refractivity contribution in [3.8, 4) is 5.75 Å². The van der Waals surface area contributed by atoms with Gasteiger partial charge >= 0.3 is 6.09 Å². The molecule has 0 saturated carbocycles. The zero-order chi connectivity index (χ0) is 14.2. The Morgan fingerprint density at radius 1 is 1.47 bits per heavy atom. The number of nitrogens with zero attached hydrogens (tertiary/aromatic N) is 1. The van der Waals surface area contributed by atoms with Gasteiger partial charge in [-0.2, -0.15) is 0 Å². The average Bonchev–Trinajstić information content (AvgIpc) is 2.68. The number of ether oxygens (including phenoxy) is 2. The first-order valence-corrected chi connectivity index (χ1v) is 6.95. The third-order valence-corrected chi connectivity index (χ3v) is 3.37. The number of rotatable bonds is 1. The fraction of sp³-hybridized carbons (Fsp3) is 0.500. The number of carbonyl (C=O) groups excluding carboxylic acids is 1. The number of halogens is 1. The molecule has 0 aliphatic carbocycles. The number of carbonyl (C=O) groups is 1. The van der Waals surface area contributed by atoms with E-state index < -0.39 is 5.60 Å². The molecular weight excluding hydrogens is 310 g/mol. The summed E-state index contributed by atoms with van der Waals surface area (Å²) < 4.78 is 12.0. The minimum atomic E-state index is -0.493. The number of fused-ring (bicyclic) bond motifs is 1. The lowest BCUT2D eigenvalue weighted by Gasteiger charge is -2.27. The first-order chi connectivity index (χ1) is 8.78. The van der Waals surface area contributed by atoms with Gasteiger partial charge in [0.05, 0.1) is 6.04 Å². The van der Waals surface area contributed by atoms with Gasteiger partial charge in [0.2, 0.25) is 0 Å². The lowest BCUT2D eigenvalue weighted by atomic mass is 10.1. The van der Waals surface area contributed by atoms with Crippen molar-refractivity contribution in [2.75, 3.05) is 13.7 Å². The molecule has 4 nitrogen and oxygen atoms in total. The van der Waals surface area contributed by atoms with Crippen molar-refractivity contribution in [1.29, 1.82) is 0 Å². The van der Waals surface area contributed by atoms with Crippen LogP contribution in [0.15, 0.2) is 22.7 Å². The van der Waals surface area contributed by atoms with Gasteiger partial charge in [-0.05, 0) is 32.9 Å². The summed E-state index contributed by atoms with van der Waals surface area (Å²) in [5.74, 6) is 0.815. The maximum absolute atomic E-state index is 12.1. The standard InChI is InChI=1S/C14H18BrNO3/c1-14(2,3)19-13(17)16(4)11-8-18-12-7-9(15)5-6-10(11)12/h5-7,11H,8H2,1-4H3/t11-/m1/s1. The average molecular weight is 328 g/mol. The first-order valence-electron chi connectivity index (χ1n) is 6.16. The Morgan fingerprint density at radius 2 is 2.16 bits per heavy atom. The molecular formula is C14H18BrNO3. The van der Waals surface area contributed by atoms with Gasteiger partial charge in [0.1, 0.15) is 18.0 Å². The molecule has 0 spiro atoms. The minimum Gasteiger partial charge on any atom is -0.491 e. The first kappa shape index (κ1) is 14.2. The van der Waals surface area contributed by atoms with Gasteiger partial charge in [-0.1, -0.05) is 22.0 Å². The minimum absolute atomic E-state index is 0.0991. The van der Waals surface area contributed by atoms with E-state index in [1.165, 1.54) is 0 Å². The van der Waals surface area contributed by atoms with Crippen LogP contribution in [0.4, 0.5) is 4.79 Å². The highest BCUT2D eigenvalue weighted by Crippen LogP contribution is 2.37. The van der Waals surface area contributed by atoms with Gasteiger partial charge in [-0.3, -0.25) is 0 Å². The van der Waals surface area contributed by atoms with Crippen molar-refractivity contribution >= 4 is 22.0 Å². The van der Waals surface area contributed by atoms with Crippen molar-refractivity contribution in [2.45, 2.75) is 32.4 Å². The maximum Gasteiger partial charge on any atom is 0.410 e. The molecule has 104 valence electrons. The molecule has 1 heterocycles. The van der Waals surface area contributed by atoms with Gasteiger partial charge in [0, 0.05) is 17.1 Å². The normalized spacial score (nSPS) is 17.6. The molecule has 0 saturated heterocycles. The molecule has 1 atom stereocenters. The van der Waals surface area contributed by atoms with Crippen molar-refractivity contribution in [2.24, 2.45) is 0 Å². The predicted molar refractivity (Wildman–Crippen MR) is 76.4 cm³/mol. The Morgan fingerprint density at radius 3 is 2.79 bits per heavy atom. The molecule has 5 heteroatoms. The van der Waals surface area contributed by atoms with Gasteiger partial charge in [-0.15, -0.1) is 0 Å². The lowest BCUT2D eigenvalue weighted by Crippen LogP contribution is -2.37. The number of amides is 1. The van der Waals surface area contributed by atoms with Crippen molar-refractivity contribution < 1.29 is 14.3 Å². The van der Waals surface area contributed by atoms with Gasteiger partial charge in [0.15, 0.2) is 0 Å². The molecule has 0 unspecified atom stereocenters. The van der Waals surface area contributed by atoms with Crippen molar-refractivity contribution in [3.63, 3.8) is 0 Å². The summed E-state index contributed by atoms with van der Waals surface area (Å²) in [5, 5.41) is 0. The summed E-state index contributed by atoms with van der Waals surface area (Å²) in [6, 6.07) is 5.73. The Hall–Kier alpha value is -1.23. The van der Waals surface area contributed by atoms with Crippen LogP contribution in [0.1, 0.15) is 32.4 Å². The second-order valence-electron chi connectivity index (χ2n) is 5.60. The van der Waals surface area contributed by atoms with Crippen LogP contribution in [0.3, 0.4) is 0 Å². The van der Waals surface area contributed by atoms with E-state index in [2.05, 4.69) is 15.9 Å². The SMILES string of the molecule is CN(C(=O)OC(C)(C)C)[C@@H]1COc2cc(Br)ccc21. The van der Waals surface area contributed by atoms with Crippen LogP contribution in [-0.2, 0) is 4.74 Å². The topological polar surface area (TPSA) is 38.8 Å². The molecule has 0 N–H and O–H groups in total. The Balaban J connectivity index is 2.15. The lowest BCUT2D eigenvalue weighted by molar-refractivity contribution is 0.0201. The van der Waals surface area contributed by atoms with E-state index >= 15 is 0 Å². The summed E-state index contributed by atoms with van der Waals surface area (Å²) in [5.41, 5.74) is 0.518. The molecule has 1 amide bonds. The molecule has 0 fully saturated rings. The fourth-order valence-corrected chi connectivity index (χ4v) is 2.29. The van der Waals surface area contributed by atoms with Crippen LogP contribution in [0.2, 0.25) is 0 Å². The van der Waals surface area contributed by atoms with E-state index in [4.69, 9.17) is 9.47 Å². The molecule has 1 aliphatic heterocycles. The predicted octanol–water partition coefficient (Wildman–Crippen LogP) is 3.75. The van der Waals surface area contributed by atoms with E-state index in [0.717, 1.165) is 15.8 Å². The second-order valence-corrected chi connectivity index (χ2v) is 6.52. The summed E-state index contributed by atoms with van der Waals surface area (Å²) in [6.07, 6.45) is -0.336. The number of hydrogen-bond acceptors (Lipinski definition) is 3. The number of likely N-dealkylation sites (N-methyl/N-ethyl adjacent to an activating group) is 1. The molecule has 0 radical (unpaired) electrons. The van der Waals surface area contributed by atoms with Crippen LogP contribution >= 0.6 is 15.9 Å². The highest BCUT2D eigenvalue weighted by molar-refractivity contribution is 9.10. The van der Waals surface area contributed by atoms with Crippen LogP contribution < -0.4 is 4.74 Å². The van der Waals surface area contributed by atoms with E-state index in [-0.39, 0.29) is 12.1 Å². The quantitative estimate of drug-likeness (QED) is 0.788. The van der Waals surface area contributed by atoms with Gasteiger partial charge < -0.3 is 14.4 Å². The van der Waals surface area contributed by atoms with E-state index in [0.29, 0.717) is 6.61 Å². The largest absolute Gasteiger partial charge is 0.491 e. The summed E-state index contributed by atoms with van der Waals surface area (Å²) in [7, 11) is 1.74. The molecule has 2 rings (SSSR count). The fourth-order valence-electron chi connectivity index (χ4n) is 1.95. The molecule has 1 aromatic carbocycles. The third-order valence-electron chi connectivity index (χ3n) is 2.88. The van der Waals surface area contributed by atoms with Crippen LogP contribution in [0.5, 0.6) is 5.75 Å². The zero-order valence-corrected chi connectivity index (χ0v) is 13.2. The van der Waals surface area contributed by atoms with Crippen molar-refractivity contribution in [3.05, 3.63) is 28.2 Å². The second kappa shape index (κ2) is 5.04. The van der Waals surface area contributed by atoms with Crippen LogP contribution in [-0.4, -0.2) is 30.2 Å². The molecule has 19 heavy (non-hydrogen) atoms. The summed E-state index contributed by atoms with van der Waals surface area (Å²) in [6.45, 7) is 6.03. The molecule has 1 aliphatic rings.